The lowest BCUT2D eigenvalue weighted by Crippen LogP contribution is -2.46. The van der Waals surface area contributed by atoms with E-state index in [2.05, 4.69) is 53.6 Å². The molecule has 0 aliphatic carbocycles. The molecule has 3 heterocycles. The summed E-state index contributed by atoms with van der Waals surface area (Å²) in [6, 6.07) is 15.4. The summed E-state index contributed by atoms with van der Waals surface area (Å²) in [4.78, 5) is 30.8. The van der Waals surface area contributed by atoms with E-state index in [1.807, 2.05) is 12.1 Å². The lowest BCUT2D eigenvalue weighted by Gasteiger charge is -2.41. The van der Waals surface area contributed by atoms with Crippen LogP contribution in [0.2, 0.25) is 5.02 Å². The van der Waals surface area contributed by atoms with Gasteiger partial charge in [0.25, 0.3) is 11.8 Å². The summed E-state index contributed by atoms with van der Waals surface area (Å²) < 4.78 is 1.84. The molecule has 8 nitrogen and oxygen atoms in total. The zero-order valence-corrected chi connectivity index (χ0v) is 23.8. The molecule has 2 fully saturated rings. The monoisotopic (exact) mass is 598 g/mol. The standard InChI is InChI=1S/C28H32BrClN6O2/c1-34-26(32-27(37)22-7-3-4-8-23(22)30)24(29)25(33-34)28(38)31-19-9-11-20(12-10-19)36-17-13-21(14-18-36)35-15-5-2-6-16-35/h3-4,7-12,21H,2,5-6,13-18H2,1H3,(H,31,38)(H,32,37). The fraction of sp³-hybridized carbons (Fsp3) is 0.393. The van der Waals surface area contributed by atoms with Crippen molar-refractivity contribution in [2.75, 3.05) is 41.7 Å². The number of anilines is 3. The van der Waals surface area contributed by atoms with Crippen molar-refractivity contribution in [1.82, 2.24) is 14.7 Å². The normalized spacial score (nSPS) is 16.9. The van der Waals surface area contributed by atoms with Gasteiger partial charge in [0.2, 0.25) is 0 Å². The van der Waals surface area contributed by atoms with Crippen molar-refractivity contribution >= 4 is 56.5 Å². The predicted molar refractivity (Wildman–Crippen MR) is 155 cm³/mol. The minimum absolute atomic E-state index is 0.172. The third kappa shape index (κ3) is 5.90. The molecular weight excluding hydrogens is 568 g/mol. The molecule has 1 aromatic heterocycles. The van der Waals surface area contributed by atoms with Crippen LogP contribution in [0.5, 0.6) is 0 Å². The van der Waals surface area contributed by atoms with Crippen LogP contribution in [0, 0.1) is 0 Å². The molecule has 10 heteroatoms. The highest BCUT2D eigenvalue weighted by Crippen LogP contribution is 2.29. The Hall–Kier alpha value is -2.88. The Labute approximate surface area is 236 Å². The lowest BCUT2D eigenvalue weighted by atomic mass is 9.99. The molecule has 2 amide bonds. The third-order valence-electron chi connectivity index (χ3n) is 7.42. The summed E-state index contributed by atoms with van der Waals surface area (Å²) in [5.41, 5.74) is 2.36. The first-order chi connectivity index (χ1) is 18.4. The van der Waals surface area contributed by atoms with Gasteiger partial charge in [0.05, 0.1) is 15.1 Å². The topological polar surface area (TPSA) is 82.5 Å². The van der Waals surface area contributed by atoms with E-state index < -0.39 is 0 Å². The van der Waals surface area contributed by atoms with Gasteiger partial charge in [0.15, 0.2) is 5.69 Å². The Morgan fingerprint density at radius 3 is 2.29 bits per heavy atom. The minimum Gasteiger partial charge on any atom is -0.371 e. The number of carbonyl (C=O) groups is 2. The van der Waals surface area contributed by atoms with E-state index in [0.717, 1.165) is 13.1 Å². The molecule has 38 heavy (non-hydrogen) atoms. The molecule has 0 atom stereocenters. The van der Waals surface area contributed by atoms with Gasteiger partial charge < -0.3 is 20.4 Å². The van der Waals surface area contributed by atoms with Gasteiger partial charge in [-0.2, -0.15) is 5.10 Å². The molecule has 200 valence electrons. The zero-order valence-electron chi connectivity index (χ0n) is 21.4. The van der Waals surface area contributed by atoms with Gasteiger partial charge in [-0.15, -0.1) is 0 Å². The van der Waals surface area contributed by atoms with Gasteiger partial charge in [-0.3, -0.25) is 14.3 Å². The Kier molecular flexibility index (Phi) is 8.35. The summed E-state index contributed by atoms with van der Waals surface area (Å²) >= 11 is 9.58. The van der Waals surface area contributed by atoms with Crippen molar-refractivity contribution in [3.63, 3.8) is 0 Å². The number of nitrogens with zero attached hydrogens (tertiary/aromatic N) is 4. The molecule has 2 aliphatic heterocycles. The van der Waals surface area contributed by atoms with Gasteiger partial charge in [0.1, 0.15) is 5.82 Å². The molecule has 0 radical (unpaired) electrons. The Morgan fingerprint density at radius 2 is 1.61 bits per heavy atom. The predicted octanol–water partition coefficient (Wildman–Crippen LogP) is 5.80. The average Bonchev–Trinajstić information content (AvgIpc) is 3.23. The molecule has 3 aromatic rings. The number of rotatable bonds is 6. The average molecular weight is 600 g/mol. The van der Waals surface area contributed by atoms with E-state index in [1.54, 1.807) is 31.3 Å². The summed E-state index contributed by atoms with van der Waals surface area (Å²) in [7, 11) is 1.66. The first-order valence-electron chi connectivity index (χ1n) is 13.1. The second kappa shape index (κ2) is 11.9. The van der Waals surface area contributed by atoms with E-state index in [0.29, 0.717) is 32.6 Å². The van der Waals surface area contributed by atoms with Crippen LogP contribution in [-0.4, -0.2) is 58.7 Å². The first-order valence-corrected chi connectivity index (χ1v) is 14.3. The Morgan fingerprint density at radius 1 is 0.921 bits per heavy atom. The molecule has 2 aromatic carbocycles. The van der Waals surface area contributed by atoms with Crippen LogP contribution < -0.4 is 15.5 Å². The number of benzene rings is 2. The fourth-order valence-electron chi connectivity index (χ4n) is 5.32. The van der Waals surface area contributed by atoms with Crippen LogP contribution in [-0.2, 0) is 7.05 Å². The van der Waals surface area contributed by atoms with E-state index in [4.69, 9.17) is 11.6 Å². The van der Waals surface area contributed by atoms with Crippen LogP contribution in [0.25, 0.3) is 0 Å². The summed E-state index contributed by atoms with van der Waals surface area (Å²) in [6.07, 6.45) is 6.43. The van der Waals surface area contributed by atoms with Crippen molar-refractivity contribution in [2.45, 2.75) is 38.1 Å². The SMILES string of the molecule is Cn1nc(C(=O)Nc2ccc(N3CCC(N4CCCCC4)CC3)cc2)c(Br)c1NC(=O)c1ccccc1Cl. The molecule has 0 bridgehead atoms. The van der Waals surface area contributed by atoms with Crippen LogP contribution >= 0.6 is 27.5 Å². The van der Waals surface area contributed by atoms with Crippen LogP contribution in [0.4, 0.5) is 17.2 Å². The van der Waals surface area contributed by atoms with Gasteiger partial charge in [-0.1, -0.05) is 30.2 Å². The van der Waals surface area contributed by atoms with Crippen molar-refractivity contribution in [2.24, 2.45) is 7.05 Å². The molecule has 0 unspecified atom stereocenters. The number of nitrogens with one attached hydrogen (secondary N) is 2. The minimum atomic E-state index is -0.387. The highest BCUT2D eigenvalue weighted by molar-refractivity contribution is 9.10. The van der Waals surface area contributed by atoms with Crippen LogP contribution in [0.15, 0.2) is 53.0 Å². The van der Waals surface area contributed by atoms with Crippen LogP contribution in [0.1, 0.15) is 53.0 Å². The van der Waals surface area contributed by atoms with Crippen molar-refractivity contribution in [1.29, 1.82) is 0 Å². The van der Waals surface area contributed by atoms with Crippen molar-refractivity contribution in [3.05, 3.63) is 69.3 Å². The number of aryl methyl sites for hydroxylation is 1. The molecule has 2 N–H and O–H groups in total. The van der Waals surface area contributed by atoms with Gasteiger partial charge in [0, 0.05) is 37.6 Å². The third-order valence-corrected chi connectivity index (χ3v) is 8.50. The number of piperidine rings is 2. The largest absolute Gasteiger partial charge is 0.371 e. The second-order valence-corrected chi connectivity index (χ2v) is 11.1. The van der Waals surface area contributed by atoms with E-state index in [9.17, 15) is 9.59 Å². The molecule has 2 aliphatic rings. The quantitative estimate of drug-likeness (QED) is 0.375. The summed E-state index contributed by atoms with van der Waals surface area (Å²) in [5.74, 6) is -0.397. The van der Waals surface area contributed by atoms with E-state index in [-0.39, 0.29) is 17.5 Å². The van der Waals surface area contributed by atoms with Gasteiger partial charge in [-0.25, -0.2) is 0 Å². The van der Waals surface area contributed by atoms with Crippen molar-refractivity contribution < 1.29 is 9.59 Å². The van der Waals surface area contributed by atoms with Crippen LogP contribution in [0.3, 0.4) is 0 Å². The highest BCUT2D eigenvalue weighted by atomic mass is 79.9. The van der Waals surface area contributed by atoms with Crippen molar-refractivity contribution in [3.8, 4) is 0 Å². The molecule has 0 saturated carbocycles. The summed E-state index contributed by atoms with van der Waals surface area (Å²) in [5, 5.41) is 10.3. The van der Waals surface area contributed by atoms with Gasteiger partial charge >= 0.3 is 0 Å². The maximum atomic E-state index is 13.0. The molecular formula is C28H32BrClN6O2. The highest BCUT2D eigenvalue weighted by Gasteiger charge is 2.26. The lowest BCUT2D eigenvalue weighted by molar-refractivity contribution is 0.101. The fourth-order valence-corrected chi connectivity index (χ4v) is 6.15. The number of carbonyl (C=O) groups excluding carboxylic acids is 2. The van der Waals surface area contributed by atoms with E-state index in [1.165, 1.54) is 55.6 Å². The Bertz CT molecular complexity index is 1300. The number of likely N-dealkylation sites (tertiary alicyclic amines) is 1. The van der Waals surface area contributed by atoms with E-state index >= 15 is 0 Å². The molecule has 2 saturated heterocycles. The second-order valence-electron chi connectivity index (χ2n) is 9.88. The number of hydrogen-bond acceptors (Lipinski definition) is 5. The van der Waals surface area contributed by atoms with Gasteiger partial charge in [-0.05, 0) is 91.1 Å². The zero-order chi connectivity index (χ0) is 26.6. The maximum absolute atomic E-state index is 13.0. The first kappa shape index (κ1) is 26.7. The molecule has 5 rings (SSSR count). The number of hydrogen-bond donors (Lipinski definition) is 2. The summed E-state index contributed by atoms with van der Waals surface area (Å²) in [6.45, 7) is 4.61. The smallest absolute Gasteiger partial charge is 0.277 e. The number of aromatic nitrogens is 2. The molecule has 0 spiro atoms. The maximum Gasteiger partial charge on any atom is 0.277 e. The Balaban J connectivity index is 1.19. The number of halogens is 2. The number of amides is 2.